The highest BCUT2D eigenvalue weighted by Gasteiger charge is 2.28. The van der Waals surface area contributed by atoms with E-state index >= 15 is 0 Å². The number of carbonyl (C=O) groups is 2. The zero-order valence-electron chi connectivity index (χ0n) is 16.0. The summed E-state index contributed by atoms with van der Waals surface area (Å²) < 4.78 is 7.16. The second-order valence-corrected chi connectivity index (χ2v) is 7.17. The molecule has 1 unspecified atom stereocenters. The van der Waals surface area contributed by atoms with Crippen LogP contribution in [0.25, 0.3) is 0 Å². The van der Waals surface area contributed by atoms with Crippen molar-refractivity contribution >= 4 is 11.9 Å². The zero-order chi connectivity index (χ0) is 19.0. The number of aromatic nitrogens is 3. The molecule has 0 bridgehead atoms. The average Bonchev–Trinajstić information content (AvgIpc) is 3.08. The second-order valence-electron chi connectivity index (χ2n) is 7.17. The third kappa shape index (κ3) is 3.25. The van der Waals surface area contributed by atoms with Crippen LogP contribution >= 0.6 is 0 Å². The van der Waals surface area contributed by atoms with Gasteiger partial charge in [0.2, 0.25) is 0 Å². The fourth-order valence-corrected chi connectivity index (χ4v) is 3.64. The maximum atomic E-state index is 12.8. The normalized spacial score (nSPS) is 16.5. The minimum atomic E-state index is -0.405. The standard InChI is InChI=1S/C19H26N4O3/c1-10(2)26-19(25)16-11(3)17(21-12(16)4)18(24)22-14-7-6-8-15-13(14)9-20-23(15)5/h9-10,14,21H,6-8H2,1-5H3,(H,22,24). The number of hydrogen-bond acceptors (Lipinski definition) is 4. The number of rotatable bonds is 4. The lowest BCUT2D eigenvalue weighted by Crippen LogP contribution is -2.31. The lowest BCUT2D eigenvalue weighted by molar-refractivity contribution is 0.0376. The number of aryl methyl sites for hydroxylation is 2. The molecule has 0 spiro atoms. The minimum absolute atomic E-state index is 0.0611. The van der Waals surface area contributed by atoms with Crippen molar-refractivity contribution < 1.29 is 14.3 Å². The van der Waals surface area contributed by atoms with Crippen molar-refractivity contribution in [2.24, 2.45) is 7.05 Å². The van der Waals surface area contributed by atoms with E-state index in [4.69, 9.17) is 4.74 Å². The maximum absolute atomic E-state index is 12.8. The molecule has 1 aliphatic rings. The third-order valence-corrected chi connectivity index (χ3v) is 4.89. The summed E-state index contributed by atoms with van der Waals surface area (Å²) in [5.41, 5.74) is 4.36. The van der Waals surface area contributed by atoms with E-state index in [0.29, 0.717) is 22.5 Å². The summed E-state index contributed by atoms with van der Waals surface area (Å²) >= 11 is 0. The number of ether oxygens (including phenoxy) is 1. The number of H-pyrrole nitrogens is 1. The van der Waals surface area contributed by atoms with Gasteiger partial charge in [-0.3, -0.25) is 9.48 Å². The molecule has 2 aromatic rings. The highest BCUT2D eigenvalue weighted by atomic mass is 16.5. The molecule has 0 aromatic carbocycles. The fraction of sp³-hybridized carbons (Fsp3) is 0.526. The summed E-state index contributed by atoms with van der Waals surface area (Å²) in [7, 11) is 1.92. The van der Waals surface area contributed by atoms with Gasteiger partial charge in [-0.25, -0.2) is 4.79 Å². The summed E-state index contributed by atoms with van der Waals surface area (Å²) in [5, 5.41) is 7.40. The number of carbonyl (C=O) groups excluding carboxylic acids is 2. The highest BCUT2D eigenvalue weighted by molar-refractivity contribution is 6.00. The molecule has 2 N–H and O–H groups in total. The molecule has 0 saturated carbocycles. The summed E-state index contributed by atoms with van der Waals surface area (Å²) in [6.07, 6.45) is 4.49. The minimum Gasteiger partial charge on any atom is -0.459 e. The van der Waals surface area contributed by atoms with Crippen LogP contribution in [-0.2, 0) is 18.2 Å². The Kier molecular flexibility index (Phi) is 4.89. The first-order valence-corrected chi connectivity index (χ1v) is 9.01. The van der Waals surface area contributed by atoms with Gasteiger partial charge in [-0.1, -0.05) is 0 Å². The Labute approximate surface area is 153 Å². The maximum Gasteiger partial charge on any atom is 0.340 e. The molecule has 7 heteroatoms. The molecule has 140 valence electrons. The van der Waals surface area contributed by atoms with E-state index in [1.54, 1.807) is 27.7 Å². The zero-order valence-corrected chi connectivity index (χ0v) is 16.0. The van der Waals surface area contributed by atoms with E-state index in [2.05, 4.69) is 15.4 Å². The first-order valence-electron chi connectivity index (χ1n) is 9.01. The average molecular weight is 358 g/mol. The lowest BCUT2D eigenvalue weighted by atomic mass is 9.93. The molecule has 26 heavy (non-hydrogen) atoms. The molecular weight excluding hydrogens is 332 g/mol. The van der Waals surface area contributed by atoms with Crippen LogP contribution in [0.15, 0.2) is 6.20 Å². The number of esters is 1. The monoisotopic (exact) mass is 358 g/mol. The van der Waals surface area contributed by atoms with Crippen molar-refractivity contribution in [2.75, 3.05) is 0 Å². The Balaban J connectivity index is 1.82. The van der Waals surface area contributed by atoms with Gasteiger partial charge in [0.25, 0.3) is 5.91 Å². The fourth-order valence-electron chi connectivity index (χ4n) is 3.64. The molecule has 0 radical (unpaired) electrons. The molecule has 2 heterocycles. The van der Waals surface area contributed by atoms with Gasteiger partial charge >= 0.3 is 5.97 Å². The van der Waals surface area contributed by atoms with E-state index in [1.165, 1.54) is 5.69 Å². The van der Waals surface area contributed by atoms with Crippen LogP contribution < -0.4 is 5.32 Å². The topological polar surface area (TPSA) is 89.0 Å². The van der Waals surface area contributed by atoms with E-state index in [-0.39, 0.29) is 18.1 Å². The SMILES string of the molecule is Cc1[nH]c(C(=O)NC2CCCc3c2cnn3C)c(C)c1C(=O)OC(C)C. The first-order chi connectivity index (χ1) is 12.3. The lowest BCUT2D eigenvalue weighted by Gasteiger charge is -2.23. The van der Waals surface area contributed by atoms with Crippen LogP contribution in [0.4, 0.5) is 0 Å². The number of nitrogens with zero attached hydrogens (tertiary/aromatic N) is 2. The van der Waals surface area contributed by atoms with Crippen LogP contribution in [-0.4, -0.2) is 32.7 Å². The van der Waals surface area contributed by atoms with Gasteiger partial charge in [0, 0.05) is 24.0 Å². The van der Waals surface area contributed by atoms with Crippen molar-refractivity contribution in [3.8, 4) is 0 Å². The number of fused-ring (bicyclic) bond motifs is 1. The smallest absolute Gasteiger partial charge is 0.340 e. The van der Waals surface area contributed by atoms with E-state index in [0.717, 1.165) is 24.8 Å². The summed E-state index contributed by atoms with van der Waals surface area (Å²) in [6, 6.07) is -0.0611. The third-order valence-electron chi connectivity index (χ3n) is 4.89. The molecule has 1 amide bonds. The second kappa shape index (κ2) is 6.97. The number of amides is 1. The van der Waals surface area contributed by atoms with Crippen LogP contribution in [0.1, 0.15) is 76.1 Å². The first kappa shape index (κ1) is 18.2. The van der Waals surface area contributed by atoms with Crippen molar-refractivity contribution in [3.05, 3.63) is 40.0 Å². The van der Waals surface area contributed by atoms with Crippen molar-refractivity contribution in [2.45, 2.75) is 59.1 Å². The van der Waals surface area contributed by atoms with Gasteiger partial charge in [-0.15, -0.1) is 0 Å². The van der Waals surface area contributed by atoms with E-state index in [9.17, 15) is 9.59 Å². The Bertz CT molecular complexity index is 847. The largest absolute Gasteiger partial charge is 0.459 e. The van der Waals surface area contributed by atoms with Crippen LogP contribution in [0.3, 0.4) is 0 Å². The van der Waals surface area contributed by atoms with Gasteiger partial charge in [-0.05, 0) is 52.5 Å². The van der Waals surface area contributed by atoms with Crippen LogP contribution in [0.5, 0.6) is 0 Å². The van der Waals surface area contributed by atoms with E-state index < -0.39 is 5.97 Å². The molecule has 0 fully saturated rings. The van der Waals surface area contributed by atoms with Gasteiger partial charge in [0.15, 0.2) is 0 Å². The van der Waals surface area contributed by atoms with Crippen LogP contribution in [0.2, 0.25) is 0 Å². The molecule has 2 aromatic heterocycles. The predicted octanol–water partition coefficient (Wildman–Crippen LogP) is 2.74. The Morgan fingerprint density at radius 2 is 2.12 bits per heavy atom. The molecule has 3 rings (SSSR count). The quantitative estimate of drug-likeness (QED) is 0.823. The molecule has 0 aliphatic heterocycles. The molecule has 1 atom stereocenters. The summed E-state index contributed by atoms with van der Waals surface area (Å²) in [5.74, 6) is -0.617. The highest BCUT2D eigenvalue weighted by Crippen LogP contribution is 2.30. The molecule has 1 aliphatic carbocycles. The number of nitrogens with one attached hydrogen (secondary N) is 2. The Hall–Kier alpha value is -2.57. The Morgan fingerprint density at radius 3 is 2.81 bits per heavy atom. The van der Waals surface area contributed by atoms with Gasteiger partial charge < -0.3 is 15.0 Å². The summed E-state index contributed by atoms with van der Waals surface area (Å²) in [4.78, 5) is 28.2. The summed E-state index contributed by atoms with van der Waals surface area (Å²) in [6.45, 7) is 7.15. The van der Waals surface area contributed by atoms with Crippen LogP contribution in [0, 0.1) is 13.8 Å². The van der Waals surface area contributed by atoms with Gasteiger partial charge in [0.05, 0.1) is 23.9 Å². The Morgan fingerprint density at radius 1 is 1.38 bits per heavy atom. The molecular formula is C19H26N4O3. The van der Waals surface area contributed by atoms with Crippen molar-refractivity contribution in [1.82, 2.24) is 20.1 Å². The van der Waals surface area contributed by atoms with Gasteiger partial charge in [0.1, 0.15) is 5.69 Å². The van der Waals surface area contributed by atoms with Crippen molar-refractivity contribution in [1.29, 1.82) is 0 Å². The predicted molar refractivity (Wildman–Crippen MR) is 97.2 cm³/mol. The number of hydrogen-bond donors (Lipinski definition) is 2. The molecule has 7 nitrogen and oxygen atoms in total. The van der Waals surface area contributed by atoms with E-state index in [1.807, 2.05) is 17.9 Å². The number of aromatic amines is 1. The van der Waals surface area contributed by atoms with Crippen molar-refractivity contribution in [3.63, 3.8) is 0 Å². The van der Waals surface area contributed by atoms with Gasteiger partial charge in [-0.2, -0.15) is 5.10 Å². The molecule has 0 saturated heterocycles.